The molecular formula is C31H42N4O3S. The molecule has 0 radical (unpaired) electrons. The number of benzene rings is 2. The van der Waals surface area contributed by atoms with Crippen LogP contribution in [0.15, 0.2) is 46.0 Å². The highest BCUT2D eigenvalue weighted by atomic mass is 32.2. The van der Waals surface area contributed by atoms with Crippen LogP contribution in [0.2, 0.25) is 0 Å². The summed E-state index contributed by atoms with van der Waals surface area (Å²) in [5.74, 6) is 1.64. The van der Waals surface area contributed by atoms with Crippen molar-refractivity contribution in [3.63, 3.8) is 0 Å². The van der Waals surface area contributed by atoms with Crippen LogP contribution in [0.25, 0.3) is 11.1 Å². The van der Waals surface area contributed by atoms with Crippen LogP contribution in [0.4, 0.5) is 5.69 Å². The van der Waals surface area contributed by atoms with E-state index in [0.717, 1.165) is 49.7 Å². The number of hydrogen-bond acceptors (Lipinski definition) is 7. The normalized spacial score (nSPS) is 15.8. The number of anilines is 1. The standard InChI is InChI=1S/C31H42N4O3S/c1-20(2)24-9-7-10-25(21(3)4)29(24)33-28(37)19-22(5)35-15-13-34(14-16-35)17-18-39-31-32-27-12-8-11-26(23(6)36)30(27)38-31/h7-12,20-22H,13-19H2,1-6H3,(H,33,37). The maximum absolute atomic E-state index is 13.1. The molecule has 1 saturated heterocycles. The highest BCUT2D eigenvalue weighted by Crippen LogP contribution is 2.32. The molecule has 1 unspecified atom stereocenters. The summed E-state index contributed by atoms with van der Waals surface area (Å²) in [5, 5.41) is 3.88. The molecule has 7 nitrogen and oxygen atoms in total. The zero-order valence-corrected chi connectivity index (χ0v) is 24.9. The van der Waals surface area contributed by atoms with Crippen molar-refractivity contribution in [3.8, 4) is 0 Å². The Morgan fingerprint density at radius 2 is 1.62 bits per heavy atom. The van der Waals surface area contributed by atoms with Gasteiger partial charge in [0.15, 0.2) is 11.4 Å². The van der Waals surface area contributed by atoms with Crippen LogP contribution < -0.4 is 5.32 Å². The van der Waals surface area contributed by atoms with E-state index in [-0.39, 0.29) is 17.7 Å². The summed E-state index contributed by atoms with van der Waals surface area (Å²) in [4.78, 5) is 34.4. The van der Waals surface area contributed by atoms with Crippen LogP contribution in [-0.4, -0.2) is 71.0 Å². The van der Waals surface area contributed by atoms with E-state index >= 15 is 0 Å². The average Bonchev–Trinajstić information content (AvgIpc) is 3.31. The number of ketones is 1. The lowest BCUT2D eigenvalue weighted by Gasteiger charge is -2.37. The molecule has 4 rings (SSSR count). The Hall–Kier alpha value is -2.68. The van der Waals surface area contributed by atoms with Gasteiger partial charge in [-0.25, -0.2) is 4.98 Å². The Balaban J connectivity index is 1.24. The maximum atomic E-state index is 13.1. The minimum atomic E-state index is -0.0152. The molecule has 2 aromatic carbocycles. The molecule has 0 saturated carbocycles. The number of piperazine rings is 1. The second kappa shape index (κ2) is 13.1. The van der Waals surface area contributed by atoms with E-state index in [9.17, 15) is 9.59 Å². The van der Waals surface area contributed by atoms with Crippen LogP contribution in [0.3, 0.4) is 0 Å². The van der Waals surface area contributed by atoms with Gasteiger partial charge < -0.3 is 9.73 Å². The predicted molar refractivity (Wildman–Crippen MR) is 160 cm³/mol. The molecule has 0 spiro atoms. The van der Waals surface area contributed by atoms with Gasteiger partial charge in [0.25, 0.3) is 5.22 Å². The summed E-state index contributed by atoms with van der Waals surface area (Å²) in [6.07, 6.45) is 0.486. The van der Waals surface area contributed by atoms with E-state index in [2.05, 4.69) is 72.9 Å². The molecule has 1 aliphatic heterocycles. The summed E-state index contributed by atoms with van der Waals surface area (Å²) in [7, 11) is 0. The predicted octanol–water partition coefficient (Wildman–Crippen LogP) is 6.40. The fourth-order valence-corrected chi connectivity index (χ4v) is 6.07. The number of para-hydroxylation sites is 2. The maximum Gasteiger partial charge on any atom is 0.256 e. The molecule has 1 N–H and O–H groups in total. The minimum absolute atomic E-state index is 0.0152. The van der Waals surface area contributed by atoms with Gasteiger partial charge in [-0.05, 0) is 48.9 Å². The quantitative estimate of drug-likeness (QED) is 0.218. The first kappa shape index (κ1) is 29.3. The topological polar surface area (TPSA) is 78.7 Å². The van der Waals surface area contributed by atoms with Crippen molar-refractivity contribution in [2.45, 2.75) is 71.1 Å². The highest BCUT2D eigenvalue weighted by Gasteiger charge is 2.24. The number of aromatic nitrogens is 1. The number of carbonyl (C=O) groups excluding carboxylic acids is 2. The smallest absolute Gasteiger partial charge is 0.256 e. The number of amides is 1. The molecular weight excluding hydrogens is 508 g/mol. The van der Waals surface area contributed by atoms with Gasteiger partial charge >= 0.3 is 0 Å². The molecule has 1 fully saturated rings. The van der Waals surface area contributed by atoms with Crippen LogP contribution in [-0.2, 0) is 4.79 Å². The fourth-order valence-electron chi connectivity index (χ4n) is 5.24. The van der Waals surface area contributed by atoms with Crippen LogP contribution in [0.5, 0.6) is 0 Å². The molecule has 1 amide bonds. The van der Waals surface area contributed by atoms with Gasteiger partial charge in [-0.15, -0.1) is 0 Å². The molecule has 0 bridgehead atoms. The SMILES string of the molecule is CC(=O)c1cccc2nc(SCCN3CCN(C(C)CC(=O)Nc4c(C(C)C)cccc4C(C)C)CC3)oc12. The Kier molecular flexibility index (Phi) is 9.86. The van der Waals surface area contributed by atoms with Crippen molar-refractivity contribution in [1.82, 2.24) is 14.8 Å². The molecule has 0 aliphatic carbocycles. The third kappa shape index (κ3) is 7.29. The highest BCUT2D eigenvalue weighted by molar-refractivity contribution is 7.99. The van der Waals surface area contributed by atoms with Gasteiger partial charge in [-0.1, -0.05) is 63.7 Å². The van der Waals surface area contributed by atoms with E-state index in [1.807, 2.05) is 12.1 Å². The Labute approximate surface area is 236 Å². The van der Waals surface area contributed by atoms with Crippen LogP contribution in [0, 0.1) is 0 Å². The number of thioether (sulfide) groups is 1. The summed E-state index contributed by atoms with van der Waals surface area (Å²) in [6, 6.07) is 12.0. The van der Waals surface area contributed by atoms with Gasteiger partial charge in [0, 0.05) is 56.6 Å². The van der Waals surface area contributed by atoms with Crippen LogP contribution in [0.1, 0.15) is 81.3 Å². The first-order valence-corrected chi connectivity index (χ1v) is 15.0. The van der Waals surface area contributed by atoms with E-state index in [0.29, 0.717) is 34.6 Å². The number of fused-ring (bicyclic) bond motifs is 1. The number of carbonyl (C=O) groups is 2. The summed E-state index contributed by atoms with van der Waals surface area (Å²) in [6.45, 7) is 17.2. The zero-order chi connectivity index (χ0) is 28.1. The van der Waals surface area contributed by atoms with Gasteiger partial charge in [0.1, 0.15) is 5.52 Å². The second-order valence-corrected chi connectivity index (χ2v) is 12.2. The Morgan fingerprint density at radius 1 is 0.974 bits per heavy atom. The lowest BCUT2D eigenvalue weighted by molar-refractivity contribution is -0.117. The third-order valence-corrected chi connectivity index (χ3v) is 8.36. The lowest BCUT2D eigenvalue weighted by atomic mass is 9.92. The van der Waals surface area contributed by atoms with Gasteiger partial charge in [-0.2, -0.15) is 0 Å². The number of nitrogens with one attached hydrogen (secondary N) is 1. The van der Waals surface area contributed by atoms with Crippen LogP contribution >= 0.6 is 11.8 Å². The molecule has 2 heterocycles. The lowest BCUT2D eigenvalue weighted by Crippen LogP contribution is -2.50. The molecule has 8 heteroatoms. The van der Waals surface area contributed by atoms with Gasteiger partial charge in [0.2, 0.25) is 5.91 Å². The van der Waals surface area contributed by atoms with Gasteiger partial charge in [0.05, 0.1) is 5.56 Å². The molecule has 1 aromatic heterocycles. The Morgan fingerprint density at radius 3 is 2.23 bits per heavy atom. The monoisotopic (exact) mass is 550 g/mol. The molecule has 3 aromatic rings. The van der Waals surface area contributed by atoms with E-state index in [4.69, 9.17) is 4.42 Å². The number of oxazole rings is 1. The summed E-state index contributed by atoms with van der Waals surface area (Å²) >= 11 is 1.59. The first-order valence-electron chi connectivity index (χ1n) is 14.1. The average molecular weight is 551 g/mol. The van der Waals surface area contributed by atoms with Crippen molar-refractivity contribution in [3.05, 3.63) is 53.1 Å². The second-order valence-electron chi connectivity index (χ2n) is 11.1. The fraction of sp³-hybridized carbons (Fsp3) is 0.516. The summed E-state index contributed by atoms with van der Waals surface area (Å²) in [5.41, 5.74) is 5.28. The first-order chi connectivity index (χ1) is 18.6. The van der Waals surface area contributed by atoms with E-state index in [1.165, 1.54) is 11.1 Å². The molecule has 210 valence electrons. The molecule has 39 heavy (non-hydrogen) atoms. The largest absolute Gasteiger partial charge is 0.431 e. The minimum Gasteiger partial charge on any atom is -0.431 e. The number of hydrogen-bond donors (Lipinski definition) is 1. The van der Waals surface area contributed by atoms with Crippen molar-refractivity contribution in [1.29, 1.82) is 0 Å². The molecule has 1 atom stereocenters. The number of nitrogens with zero attached hydrogens (tertiary/aromatic N) is 3. The Bertz CT molecular complexity index is 1270. The number of rotatable bonds is 11. The van der Waals surface area contributed by atoms with Crippen molar-refractivity contribution >= 4 is 40.2 Å². The van der Waals surface area contributed by atoms with E-state index < -0.39 is 0 Å². The van der Waals surface area contributed by atoms with E-state index in [1.54, 1.807) is 24.8 Å². The van der Waals surface area contributed by atoms with Crippen molar-refractivity contribution < 1.29 is 14.0 Å². The number of Topliss-reactive ketones (excluding diaryl/α,β-unsaturated/α-hetero) is 1. The van der Waals surface area contributed by atoms with Gasteiger partial charge in [-0.3, -0.25) is 19.4 Å². The van der Waals surface area contributed by atoms with Crippen molar-refractivity contribution in [2.75, 3.05) is 43.8 Å². The molecule has 1 aliphatic rings. The third-order valence-electron chi connectivity index (χ3n) is 7.56. The zero-order valence-electron chi connectivity index (χ0n) is 24.1. The summed E-state index contributed by atoms with van der Waals surface area (Å²) < 4.78 is 5.88. The van der Waals surface area contributed by atoms with Crippen molar-refractivity contribution in [2.24, 2.45) is 0 Å².